The number of carbonyl (C=O) groups excluding carboxylic acids is 1. The Morgan fingerprint density at radius 1 is 1.05 bits per heavy atom. The van der Waals surface area contributed by atoms with Crippen molar-refractivity contribution in [3.63, 3.8) is 0 Å². The van der Waals surface area contributed by atoms with E-state index in [4.69, 9.17) is 4.74 Å². The van der Waals surface area contributed by atoms with E-state index in [-0.39, 0.29) is 11.9 Å². The smallest absolute Gasteiger partial charge is 0.271 e. The standard InChI is InChI=1S/C29H27N5O2S2/c1-19-12-14-23(15-13-19)34-27(22-10-7-11-24(16-22)36-3)32-33-29(34)38-18-26-31-25(17-37-26)28(35)30-20(2)21-8-5-4-6-9-21/h4-17,20H,18H2,1-3H3,(H,30,35). The number of aromatic nitrogens is 4. The van der Waals surface area contributed by atoms with E-state index in [1.54, 1.807) is 12.5 Å². The summed E-state index contributed by atoms with van der Waals surface area (Å²) >= 11 is 3.00. The Hall–Kier alpha value is -3.95. The van der Waals surface area contributed by atoms with Crippen LogP contribution < -0.4 is 10.1 Å². The summed E-state index contributed by atoms with van der Waals surface area (Å²) in [5, 5.41) is 15.4. The molecule has 9 heteroatoms. The van der Waals surface area contributed by atoms with Crippen LogP contribution in [0, 0.1) is 6.92 Å². The molecule has 1 atom stereocenters. The van der Waals surface area contributed by atoms with Gasteiger partial charge in [-0.3, -0.25) is 9.36 Å². The third-order valence-corrected chi connectivity index (χ3v) is 7.98. The molecule has 0 aliphatic heterocycles. The minimum atomic E-state index is -0.183. The van der Waals surface area contributed by atoms with Crippen LogP contribution >= 0.6 is 23.1 Å². The molecule has 7 nitrogen and oxygen atoms in total. The van der Waals surface area contributed by atoms with Crippen LogP contribution in [0.3, 0.4) is 0 Å². The van der Waals surface area contributed by atoms with Gasteiger partial charge in [0, 0.05) is 16.6 Å². The number of nitrogens with zero attached hydrogens (tertiary/aromatic N) is 4. The van der Waals surface area contributed by atoms with Gasteiger partial charge in [-0.05, 0) is 43.7 Å². The van der Waals surface area contributed by atoms with Crippen molar-refractivity contribution in [2.75, 3.05) is 7.11 Å². The van der Waals surface area contributed by atoms with E-state index in [9.17, 15) is 4.79 Å². The minimum Gasteiger partial charge on any atom is -0.497 e. The third kappa shape index (κ3) is 5.79. The van der Waals surface area contributed by atoms with Crippen LogP contribution in [-0.4, -0.2) is 32.8 Å². The molecular weight excluding hydrogens is 514 g/mol. The molecule has 1 unspecified atom stereocenters. The molecule has 0 fully saturated rings. The van der Waals surface area contributed by atoms with Crippen molar-refractivity contribution in [3.8, 4) is 22.8 Å². The van der Waals surface area contributed by atoms with Crippen molar-refractivity contribution >= 4 is 29.0 Å². The zero-order valence-corrected chi connectivity index (χ0v) is 22.9. The van der Waals surface area contributed by atoms with E-state index in [1.165, 1.54) is 28.7 Å². The second kappa shape index (κ2) is 11.6. The number of amides is 1. The van der Waals surface area contributed by atoms with Gasteiger partial charge in [-0.2, -0.15) is 0 Å². The van der Waals surface area contributed by atoms with Crippen LogP contribution in [0.25, 0.3) is 17.1 Å². The maximum absolute atomic E-state index is 12.8. The van der Waals surface area contributed by atoms with E-state index < -0.39 is 0 Å². The average molecular weight is 542 g/mol. The largest absolute Gasteiger partial charge is 0.497 e. The molecule has 0 spiro atoms. The first-order chi connectivity index (χ1) is 18.5. The Labute approximate surface area is 229 Å². The summed E-state index contributed by atoms with van der Waals surface area (Å²) in [4.78, 5) is 17.4. The number of thiazole rings is 1. The fraction of sp³-hybridized carbons (Fsp3) is 0.172. The average Bonchev–Trinajstić information content (AvgIpc) is 3.60. The monoisotopic (exact) mass is 541 g/mol. The van der Waals surface area contributed by atoms with Gasteiger partial charge < -0.3 is 10.1 Å². The number of ether oxygens (including phenoxy) is 1. The zero-order valence-electron chi connectivity index (χ0n) is 21.3. The van der Waals surface area contributed by atoms with E-state index in [0.29, 0.717) is 11.4 Å². The van der Waals surface area contributed by atoms with Crippen molar-refractivity contribution in [1.82, 2.24) is 25.1 Å². The number of hydrogen-bond donors (Lipinski definition) is 1. The fourth-order valence-electron chi connectivity index (χ4n) is 3.94. The Kier molecular flexibility index (Phi) is 7.86. The van der Waals surface area contributed by atoms with E-state index in [2.05, 4.69) is 51.7 Å². The number of hydrogen-bond acceptors (Lipinski definition) is 7. The SMILES string of the molecule is COc1cccc(-c2nnc(SCc3nc(C(=O)NC(C)c4ccccc4)cs3)n2-c2ccc(C)cc2)c1. The van der Waals surface area contributed by atoms with Crippen LogP contribution in [0.2, 0.25) is 0 Å². The number of benzene rings is 3. The van der Waals surface area contributed by atoms with E-state index in [1.807, 2.05) is 66.1 Å². The number of nitrogens with one attached hydrogen (secondary N) is 1. The highest BCUT2D eigenvalue weighted by Gasteiger charge is 2.19. The van der Waals surface area contributed by atoms with E-state index >= 15 is 0 Å². The highest BCUT2D eigenvalue weighted by Crippen LogP contribution is 2.32. The van der Waals surface area contributed by atoms with Gasteiger partial charge in [0.05, 0.1) is 18.9 Å². The highest BCUT2D eigenvalue weighted by molar-refractivity contribution is 7.98. The summed E-state index contributed by atoms with van der Waals surface area (Å²) < 4.78 is 7.46. The Morgan fingerprint density at radius 2 is 1.84 bits per heavy atom. The van der Waals surface area contributed by atoms with E-state index in [0.717, 1.165) is 38.6 Å². The molecule has 38 heavy (non-hydrogen) atoms. The number of carbonyl (C=O) groups is 1. The van der Waals surface area contributed by atoms with Crippen molar-refractivity contribution < 1.29 is 9.53 Å². The zero-order chi connectivity index (χ0) is 26.5. The predicted octanol–water partition coefficient (Wildman–Crippen LogP) is 6.49. The van der Waals surface area contributed by atoms with Gasteiger partial charge >= 0.3 is 0 Å². The predicted molar refractivity (Wildman–Crippen MR) is 152 cm³/mol. The Morgan fingerprint density at radius 3 is 2.61 bits per heavy atom. The topological polar surface area (TPSA) is 81.9 Å². The summed E-state index contributed by atoms with van der Waals surface area (Å²) in [5.41, 5.74) is 4.52. The fourth-order valence-corrected chi connectivity index (χ4v) is 5.69. The van der Waals surface area contributed by atoms with Crippen LogP contribution in [0.5, 0.6) is 5.75 Å². The Bertz CT molecular complexity index is 1530. The molecule has 2 heterocycles. The molecule has 3 aromatic carbocycles. The van der Waals surface area contributed by atoms with Crippen molar-refractivity contribution in [2.24, 2.45) is 0 Å². The van der Waals surface area contributed by atoms with Gasteiger partial charge in [-0.1, -0.05) is 71.9 Å². The van der Waals surface area contributed by atoms with Gasteiger partial charge in [0.25, 0.3) is 5.91 Å². The van der Waals surface area contributed by atoms with Crippen LogP contribution in [0.15, 0.2) is 89.4 Å². The summed E-state index contributed by atoms with van der Waals surface area (Å²) in [6.07, 6.45) is 0. The molecule has 5 aromatic rings. The maximum atomic E-state index is 12.8. The molecule has 0 aliphatic carbocycles. The molecule has 192 valence electrons. The molecular formula is C29H27N5O2S2. The summed E-state index contributed by atoms with van der Waals surface area (Å²) in [6, 6.07) is 25.8. The van der Waals surface area contributed by atoms with Crippen molar-refractivity contribution in [3.05, 3.63) is 106 Å². The molecule has 1 amide bonds. The summed E-state index contributed by atoms with van der Waals surface area (Å²) in [6.45, 7) is 4.03. The first-order valence-corrected chi connectivity index (χ1v) is 14.0. The van der Waals surface area contributed by atoms with Crippen LogP contribution in [-0.2, 0) is 5.75 Å². The summed E-state index contributed by atoms with van der Waals surface area (Å²) in [5.74, 6) is 1.86. The van der Waals surface area contributed by atoms with Gasteiger partial charge in [-0.15, -0.1) is 21.5 Å². The first-order valence-electron chi connectivity index (χ1n) is 12.1. The maximum Gasteiger partial charge on any atom is 0.271 e. The molecule has 5 rings (SSSR count). The van der Waals surface area contributed by atoms with Crippen LogP contribution in [0.1, 0.15) is 39.6 Å². The second-order valence-corrected chi connectivity index (χ2v) is 10.6. The number of thioether (sulfide) groups is 1. The van der Waals surface area contributed by atoms with Crippen LogP contribution in [0.4, 0.5) is 0 Å². The van der Waals surface area contributed by atoms with Crippen molar-refractivity contribution in [2.45, 2.75) is 30.8 Å². The first kappa shape index (κ1) is 25.7. The lowest BCUT2D eigenvalue weighted by molar-refractivity contribution is 0.0935. The Balaban J connectivity index is 1.35. The normalized spacial score (nSPS) is 11.8. The molecule has 0 bridgehead atoms. The molecule has 0 saturated carbocycles. The molecule has 0 aliphatic rings. The minimum absolute atomic E-state index is 0.105. The van der Waals surface area contributed by atoms with Crippen molar-refractivity contribution in [1.29, 1.82) is 0 Å². The molecule has 1 N–H and O–H groups in total. The van der Waals surface area contributed by atoms with Gasteiger partial charge in [-0.25, -0.2) is 4.98 Å². The lowest BCUT2D eigenvalue weighted by Gasteiger charge is -2.13. The van der Waals surface area contributed by atoms with Gasteiger partial charge in [0.1, 0.15) is 16.5 Å². The quantitative estimate of drug-likeness (QED) is 0.215. The number of methoxy groups -OCH3 is 1. The van der Waals surface area contributed by atoms with Gasteiger partial charge in [0.15, 0.2) is 11.0 Å². The molecule has 0 saturated heterocycles. The number of rotatable bonds is 9. The van der Waals surface area contributed by atoms with Gasteiger partial charge in [0.2, 0.25) is 0 Å². The number of aryl methyl sites for hydroxylation is 1. The molecule has 2 aromatic heterocycles. The lowest BCUT2D eigenvalue weighted by atomic mass is 10.1. The molecule has 0 radical (unpaired) electrons. The third-order valence-electron chi connectivity index (χ3n) is 6.01. The summed E-state index contributed by atoms with van der Waals surface area (Å²) in [7, 11) is 1.65. The second-order valence-electron chi connectivity index (χ2n) is 8.73. The highest BCUT2D eigenvalue weighted by atomic mass is 32.2. The lowest BCUT2D eigenvalue weighted by Crippen LogP contribution is -2.26.